The molecule has 4 heteroatoms. The molecular weight excluding hydrogens is 238 g/mol. The smallest absolute Gasteiger partial charge is 0.253 e. The van der Waals surface area contributed by atoms with Crippen LogP contribution in [0.2, 0.25) is 0 Å². The van der Waals surface area contributed by atoms with E-state index in [0.717, 1.165) is 49.4 Å². The van der Waals surface area contributed by atoms with Crippen LogP contribution < -0.4 is 5.32 Å². The topological polar surface area (TPSA) is 45.2 Å². The first-order valence-corrected chi connectivity index (χ1v) is 7.12. The van der Waals surface area contributed by atoms with Crippen LogP contribution in [-0.2, 0) is 6.42 Å². The molecule has 0 aromatic carbocycles. The number of aromatic nitrogens is 1. The summed E-state index contributed by atoms with van der Waals surface area (Å²) in [6.45, 7) is 7.88. The molecule has 1 rings (SSSR count). The highest BCUT2D eigenvalue weighted by Crippen LogP contribution is 2.13. The maximum Gasteiger partial charge on any atom is 0.253 e. The molecule has 0 saturated heterocycles. The zero-order valence-electron chi connectivity index (χ0n) is 12.5. The van der Waals surface area contributed by atoms with Crippen LogP contribution in [0.1, 0.15) is 49.7 Å². The van der Waals surface area contributed by atoms with Gasteiger partial charge in [-0.2, -0.15) is 0 Å². The van der Waals surface area contributed by atoms with Gasteiger partial charge in [0.2, 0.25) is 0 Å². The minimum Gasteiger partial charge on any atom is -0.370 e. The second kappa shape index (κ2) is 7.77. The molecule has 0 aliphatic rings. The van der Waals surface area contributed by atoms with E-state index >= 15 is 0 Å². The molecule has 1 N–H and O–H groups in total. The van der Waals surface area contributed by atoms with Crippen molar-refractivity contribution in [2.75, 3.05) is 25.5 Å². The van der Waals surface area contributed by atoms with Gasteiger partial charge in [0, 0.05) is 31.4 Å². The van der Waals surface area contributed by atoms with E-state index in [1.165, 1.54) is 0 Å². The first kappa shape index (κ1) is 15.5. The van der Waals surface area contributed by atoms with E-state index in [2.05, 4.69) is 31.1 Å². The lowest BCUT2D eigenvalue weighted by Crippen LogP contribution is -2.27. The lowest BCUT2D eigenvalue weighted by molar-refractivity contribution is 0.0795. The van der Waals surface area contributed by atoms with Gasteiger partial charge in [0.25, 0.3) is 5.91 Å². The Labute approximate surface area is 116 Å². The predicted molar refractivity (Wildman–Crippen MR) is 79.6 cm³/mol. The van der Waals surface area contributed by atoms with Crippen molar-refractivity contribution in [3.63, 3.8) is 0 Å². The van der Waals surface area contributed by atoms with Gasteiger partial charge in [0.05, 0.1) is 0 Å². The third-order valence-electron chi connectivity index (χ3n) is 2.95. The van der Waals surface area contributed by atoms with Gasteiger partial charge >= 0.3 is 0 Å². The molecule has 4 nitrogen and oxygen atoms in total. The fraction of sp³-hybridized carbons (Fsp3) is 0.600. The van der Waals surface area contributed by atoms with E-state index < -0.39 is 0 Å². The van der Waals surface area contributed by atoms with E-state index in [1.54, 1.807) is 4.90 Å². The monoisotopic (exact) mass is 263 g/mol. The van der Waals surface area contributed by atoms with Crippen molar-refractivity contribution in [3.8, 4) is 0 Å². The fourth-order valence-electron chi connectivity index (χ4n) is 1.89. The first-order valence-electron chi connectivity index (χ1n) is 7.12. The van der Waals surface area contributed by atoms with E-state index in [4.69, 9.17) is 0 Å². The van der Waals surface area contributed by atoms with Crippen molar-refractivity contribution < 1.29 is 4.79 Å². The number of hydrogen-bond donors (Lipinski definition) is 1. The molecule has 1 aromatic heterocycles. The normalized spacial score (nSPS) is 10.3. The van der Waals surface area contributed by atoms with E-state index in [9.17, 15) is 4.79 Å². The molecule has 0 spiro atoms. The average molecular weight is 263 g/mol. The van der Waals surface area contributed by atoms with Crippen LogP contribution in [-0.4, -0.2) is 35.9 Å². The SMILES string of the molecule is CCCNc1cc(C(=O)N(C)CCC)cc(CC)n1. The summed E-state index contributed by atoms with van der Waals surface area (Å²) in [5.74, 6) is 0.868. The summed E-state index contributed by atoms with van der Waals surface area (Å²) in [7, 11) is 1.84. The van der Waals surface area contributed by atoms with Gasteiger partial charge in [-0.25, -0.2) is 4.98 Å². The zero-order chi connectivity index (χ0) is 14.3. The highest BCUT2D eigenvalue weighted by Gasteiger charge is 2.13. The standard InChI is InChI=1S/C15H25N3O/c1-5-8-16-14-11-12(10-13(7-3)17-14)15(19)18(4)9-6-2/h10-11H,5-9H2,1-4H3,(H,16,17). The highest BCUT2D eigenvalue weighted by molar-refractivity contribution is 5.94. The summed E-state index contributed by atoms with van der Waals surface area (Å²) in [5.41, 5.74) is 1.68. The van der Waals surface area contributed by atoms with Gasteiger partial charge in [-0.3, -0.25) is 4.79 Å². The number of nitrogens with one attached hydrogen (secondary N) is 1. The Morgan fingerprint density at radius 3 is 2.58 bits per heavy atom. The molecule has 0 saturated carbocycles. The number of carbonyl (C=O) groups is 1. The molecule has 0 radical (unpaired) electrons. The molecule has 0 unspecified atom stereocenters. The lowest BCUT2D eigenvalue weighted by Gasteiger charge is -2.17. The molecule has 0 fully saturated rings. The first-order chi connectivity index (χ1) is 9.12. The van der Waals surface area contributed by atoms with Crippen molar-refractivity contribution in [3.05, 3.63) is 23.4 Å². The number of pyridine rings is 1. The quantitative estimate of drug-likeness (QED) is 0.822. The van der Waals surface area contributed by atoms with Gasteiger partial charge in [0.1, 0.15) is 5.82 Å². The number of aryl methyl sites for hydroxylation is 1. The van der Waals surface area contributed by atoms with Gasteiger partial charge in [-0.1, -0.05) is 20.8 Å². The van der Waals surface area contributed by atoms with Gasteiger partial charge in [0.15, 0.2) is 0 Å². The molecule has 1 heterocycles. The Hall–Kier alpha value is -1.58. The van der Waals surface area contributed by atoms with Crippen LogP contribution in [0.15, 0.2) is 12.1 Å². The Morgan fingerprint density at radius 2 is 2.00 bits per heavy atom. The molecule has 106 valence electrons. The van der Waals surface area contributed by atoms with Crippen molar-refractivity contribution in [1.82, 2.24) is 9.88 Å². The van der Waals surface area contributed by atoms with Crippen LogP contribution in [0, 0.1) is 0 Å². The third kappa shape index (κ3) is 4.54. The summed E-state index contributed by atoms with van der Waals surface area (Å²) >= 11 is 0. The molecule has 0 atom stereocenters. The summed E-state index contributed by atoms with van der Waals surface area (Å²) in [6, 6.07) is 3.74. The summed E-state index contributed by atoms with van der Waals surface area (Å²) in [6.07, 6.45) is 2.84. The summed E-state index contributed by atoms with van der Waals surface area (Å²) in [5, 5.41) is 3.25. The second-order valence-electron chi connectivity index (χ2n) is 4.74. The molecule has 0 aliphatic heterocycles. The number of hydrogen-bond acceptors (Lipinski definition) is 3. The zero-order valence-corrected chi connectivity index (χ0v) is 12.5. The van der Waals surface area contributed by atoms with Crippen molar-refractivity contribution in [1.29, 1.82) is 0 Å². The van der Waals surface area contributed by atoms with E-state index in [1.807, 2.05) is 19.2 Å². The highest BCUT2D eigenvalue weighted by atomic mass is 16.2. The molecule has 0 bridgehead atoms. The third-order valence-corrected chi connectivity index (χ3v) is 2.95. The number of anilines is 1. The molecule has 0 aliphatic carbocycles. The van der Waals surface area contributed by atoms with Crippen LogP contribution in [0.5, 0.6) is 0 Å². The fourth-order valence-corrected chi connectivity index (χ4v) is 1.89. The maximum atomic E-state index is 12.3. The Kier molecular flexibility index (Phi) is 6.33. The minimum absolute atomic E-state index is 0.0681. The van der Waals surface area contributed by atoms with Crippen LogP contribution in [0.3, 0.4) is 0 Å². The number of rotatable bonds is 7. The van der Waals surface area contributed by atoms with Crippen molar-refractivity contribution in [2.24, 2.45) is 0 Å². The largest absolute Gasteiger partial charge is 0.370 e. The molecular formula is C15H25N3O. The lowest BCUT2D eigenvalue weighted by atomic mass is 10.1. The predicted octanol–water partition coefficient (Wildman–Crippen LogP) is 2.95. The number of amides is 1. The molecule has 19 heavy (non-hydrogen) atoms. The van der Waals surface area contributed by atoms with Gasteiger partial charge in [-0.05, 0) is 31.4 Å². The minimum atomic E-state index is 0.0681. The maximum absolute atomic E-state index is 12.3. The second-order valence-corrected chi connectivity index (χ2v) is 4.74. The average Bonchev–Trinajstić information content (AvgIpc) is 2.44. The van der Waals surface area contributed by atoms with Gasteiger partial charge in [-0.15, -0.1) is 0 Å². The van der Waals surface area contributed by atoms with Crippen molar-refractivity contribution in [2.45, 2.75) is 40.0 Å². The van der Waals surface area contributed by atoms with Crippen LogP contribution in [0.25, 0.3) is 0 Å². The number of nitrogens with zero attached hydrogens (tertiary/aromatic N) is 2. The Morgan fingerprint density at radius 1 is 1.26 bits per heavy atom. The Bertz CT molecular complexity index is 418. The summed E-state index contributed by atoms with van der Waals surface area (Å²) in [4.78, 5) is 18.6. The molecule has 1 amide bonds. The van der Waals surface area contributed by atoms with Crippen LogP contribution >= 0.6 is 0 Å². The summed E-state index contributed by atoms with van der Waals surface area (Å²) < 4.78 is 0. The van der Waals surface area contributed by atoms with Crippen molar-refractivity contribution >= 4 is 11.7 Å². The Balaban J connectivity index is 2.95. The van der Waals surface area contributed by atoms with Crippen LogP contribution in [0.4, 0.5) is 5.82 Å². The number of carbonyl (C=O) groups excluding carboxylic acids is 1. The van der Waals surface area contributed by atoms with E-state index in [0.29, 0.717) is 0 Å². The van der Waals surface area contributed by atoms with E-state index in [-0.39, 0.29) is 5.91 Å². The molecule has 1 aromatic rings. The van der Waals surface area contributed by atoms with Gasteiger partial charge < -0.3 is 10.2 Å².